The fraction of sp³-hybridized carbons (Fsp3) is 0.875. The molecule has 1 aliphatic rings. The van der Waals surface area contributed by atoms with Gasteiger partial charge in [0.1, 0.15) is 6.54 Å². The Morgan fingerprint density at radius 1 is 1.32 bits per heavy atom. The molecule has 0 spiro atoms. The summed E-state index contributed by atoms with van der Waals surface area (Å²) in [6, 6.07) is 0. The molecule has 0 bridgehead atoms. The summed E-state index contributed by atoms with van der Waals surface area (Å²) in [6.07, 6.45) is 4.85. The second-order valence-electron chi connectivity index (χ2n) is 6.15. The standard InChI is InChI=1S/C16H32N4O2/c1-5-6-9-17-16(18-12-15(21)19(2)3)20(4)10-11-22-13-14-7-8-14/h14H,5-13H2,1-4H3,(H,17,18). The minimum absolute atomic E-state index is 0.00757. The summed E-state index contributed by atoms with van der Waals surface area (Å²) in [7, 11) is 5.48. The lowest BCUT2D eigenvalue weighted by Gasteiger charge is -2.22. The fourth-order valence-electron chi connectivity index (χ4n) is 1.81. The van der Waals surface area contributed by atoms with Crippen LogP contribution in [0.15, 0.2) is 4.99 Å². The topological polar surface area (TPSA) is 57.2 Å². The summed E-state index contributed by atoms with van der Waals surface area (Å²) in [5, 5.41) is 3.33. The van der Waals surface area contributed by atoms with Gasteiger partial charge in [-0.3, -0.25) is 4.79 Å². The fourth-order valence-corrected chi connectivity index (χ4v) is 1.81. The number of guanidine groups is 1. The Morgan fingerprint density at radius 3 is 2.64 bits per heavy atom. The molecular formula is C16H32N4O2. The third kappa shape index (κ3) is 8.22. The normalized spacial score (nSPS) is 14.8. The SMILES string of the molecule is CCCCNC(=NCC(=O)N(C)C)N(C)CCOCC1CC1. The molecule has 1 amide bonds. The molecule has 128 valence electrons. The summed E-state index contributed by atoms with van der Waals surface area (Å²) >= 11 is 0. The summed E-state index contributed by atoms with van der Waals surface area (Å²) in [4.78, 5) is 19.7. The van der Waals surface area contributed by atoms with Gasteiger partial charge in [-0.2, -0.15) is 0 Å². The molecule has 1 aliphatic carbocycles. The van der Waals surface area contributed by atoms with Gasteiger partial charge in [0.25, 0.3) is 0 Å². The van der Waals surface area contributed by atoms with Crippen LogP contribution in [0, 0.1) is 5.92 Å². The summed E-state index contributed by atoms with van der Waals surface area (Å²) < 4.78 is 5.67. The highest BCUT2D eigenvalue weighted by Crippen LogP contribution is 2.28. The first-order valence-electron chi connectivity index (χ1n) is 8.32. The van der Waals surface area contributed by atoms with Crippen LogP contribution >= 0.6 is 0 Å². The molecule has 0 aromatic heterocycles. The number of ether oxygens (including phenoxy) is 1. The zero-order valence-corrected chi connectivity index (χ0v) is 14.6. The van der Waals surface area contributed by atoms with Crippen molar-refractivity contribution in [1.82, 2.24) is 15.1 Å². The van der Waals surface area contributed by atoms with Gasteiger partial charge in [0.2, 0.25) is 5.91 Å². The number of unbranched alkanes of at least 4 members (excludes halogenated alkanes) is 1. The van der Waals surface area contributed by atoms with E-state index in [-0.39, 0.29) is 12.5 Å². The highest BCUT2D eigenvalue weighted by Gasteiger charge is 2.21. The van der Waals surface area contributed by atoms with E-state index >= 15 is 0 Å². The van der Waals surface area contributed by atoms with Crippen LogP contribution < -0.4 is 5.32 Å². The third-order valence-electron chi connectivity index (χ3n) is 3.66. The van der Waals surface area contributed by atoms with Crippen molar-refractivity contribution in [3.8, 4) is 0 Å². The molecule has 0 aromatic rings. The van der Waals surface area contributed by atoms with Crippen molar-refractivity contribution in [2.24, 2.45) is 10.9 Å². The predicted molar refractivity (Wildman–Crippen MR) is 90.1 cm³/mol. The van der Waals surface area contributed by atoms with E-state index in [1.807, 2.05) is 11.9 Å². The smallest absolute Gasteiger partial charge is 0.243 e. The maximum absolute atomic E-state index is 11.7. The number of carbonyl (C=O) groups excluding carboxylic acids is 1. The number of amides is 1. The number of nitrogens with one attached hydrogen (secondary N) is 1. The molecule has 0 unspecified atom stereocenters. The molecule has 0 saturated heterocycles. The van der Waals surface area contributed by atoms with E-state index in [1.165, 1.54) is 12.8 Å². The van der Waals surface area contributed by atoms with Gasteiger partial charge >= 0.3 is 0 Å². The average Bonchev–Trinajstić information content (AvgIpc) is 3.30. The van der Waals surface area contributed by atoms with E-state index in [1.54, 1.807) is 19.0 Å². The van der Waals surface area contributed by atoms with Gasteiger partial charge in [-0.25, -0.2) is 4.99 Å². The number of hydrogen-bond donors (Lipinski definition) is 1. The molecule has 1 fully saturated rings. The lowest BCUT2D eigenvalue weighted by atomic mass is 10.3. The monoisotopic (exact) mass is 312 g/mol. The van der Waals surface area contributed by atoms with Crippen molar-refractivity contribution >= 4 is 11.9 Å². The Bertz CT molecular complexity index is 354. The second kappa shape index (κ2) is 10.4. The van der Waals surface area contributed by atoms with Gasteiger partial charge in [-0.05, 0) is 25.2 Å². The van der Waals surface area contributed by atoms with Gasteiger partial charge in [-0.1, -0.05) is 13.3 Å². The van der Waals surface area contributed by atoms with Crippen LogP contribution in [0.5, 0.6) is 0 Å². The van der Waals surface area contributed by atoms with Gasteiger partial charge < -0.3 is 19.9 Å². The molecule has 0 heterocycles. The lowest BCUT2D eigenvalue weighted by molar-refractivity contribution is -0.127. The van der Waals surface area contributed by atoms with Crippen LogP contribution in [-0.4, -0.2) is 75.7 Å². The van der Waals surface area contributed by atoms with Crippen molar-refractivity contribution in [1.29, 1.82) is 0 Å². The van der Waals surface area contributed by atoms with E-state index in [9.17, 15) is 4.79 Å². The van der Waals surface area contributed by atoms with Crippen molar-refractivity contribution in [3.05, 3.63) is 0 Å². The Labute approximate surface area is 134 Å². The van der Waals surface area contributed by atoms with Crippen LogP contribution in [-0.2, 0) is 9.53 Å². The van der Waals surface area contributed by atoms with Crippen molar-refractivity contribution in [3.63, 3.8) is 0 Å². The maximum Gasteiger partial charge on any atom is 0.243 e. The third-order valence-corrected chi connectivity index (χ3v) is 3.66. The Balaban J connectivity index is 2.38. The first-order valence-corrected chi connectivity index (χ1v) is 8.32. The lowest BCUT2D eigenvalue weighted by Crippen LogP contribution is -2.41. The number of likely N-dealkylation sites (N-methyl/N-ethyl adjacent to an activating group) is 2. The summed E-state index contributed by atoms with van der Waals surface area (Å²) in [5.41, 5.74) is 0. The van der Waals surface area contributed by atoms with E-state index in [0.29, 0.717) is 6.61 Å². The van der Waals surface area contributed by atoms with Crippen LogP contribution in [0.3, 0.4) is 0 Å². The number of aliphatic imine (C=N–C) groups is 1. The van der Waals surface area contributed by atoms with E-state index in [0.717, 1.165) is 44.4 Å². The molecule has 0 aromatic carbocycles. The van der Waals surface area contributed by atoms with E-state index < -0.39 is 0 Å². The molecular weight excluding hydrogens is 280 g/mol. The summed E-state index contributed by atoms with van der Waals surface area (Å²) in [5.74, 6) is 1.57. The van der Waals surface area contributed by atoms with Crippen LogP contribution in [0.25, 0.3) is 0 Å². The summed E-state index contributed by atoms with van der Waals surface area (Å²) in [6.45, 7) is 5.56. The van der Waals surface area contributed by atoms with Crippen LogP contribution in [0.1, 0.15) is 32.6 Å². The molecule has 0 radical (unpaired) electrons. The molecule has 0 atom stereocenters. The first kappa shape index (κ1) is 18.7. The Kier molecular flexibility index (Phi) is 8.89. The van der Waals surface area contributed by atoms with Gasteiger partial charge in [0.05, 0.1) is 6.61 Å². The molecule has 0 aliphatic heterocycles. The molecule has 1 N–H and O–H groups in total. The molecule has 1 saturated carbocycles. The molecule has 6 heteroatoms. The number of nitrogens with zero attached hydrogens (tertiary/aromatic N) is 3. The Morgan fingerprint density at radius 2 is 2.05 bits per heavy atom. The first-order chi connectivity index (χ1) is 10.5. The van der Waals surface area contributed by atoms with Crippen molar-refractivity contribution in [2.45, 2.75) is 32.6 Å². The van der Waals surface area contributed by atoms with Gasteiger partial charge in [0, 0.05) is 40.8 Å². The zero-order valence-electron chi connectivity index (χ0n) is 14.6. The molecule has 6 nitrogen and oxygen atoms in total. The van der Waals surface area contributed by atoms with Crippen LogP contribution in [0.4, 0.5) is 0 Å². The quantitative estimate of drug-likeness (QED) is 0.374. The number of hydrogen-bond acceptors (Lipinski definition) is 3. The van der Waals surface area contributed by atoms with Crippen molar-refractivity contribution < 1.29 is 9.53 Å². The molecule has 22 heavy (non-hydrogen) atoms. The van der Waals surface area contributed by atoms with E-state index in [4.69, 9.17) is 4.74 Å². The minimum Gasteiger partial charge on any atom is -0.379 e. The maximum atomic E-state index is 11.7. The highest BCUT2D eigenvalue weighted by atomic mass is 16.5. The van der Waals surface area contributed by atoms with E-state index in [2.05, 4.69) is 17.2 Å². The number of rotatable bonds is 10. The Hall–Kier alpha value is -1.30. The van der Waals surface area contributed by atoms with Gasteiger partial charge in [-0.15, -0.1) is 0 Å². The molecule has 1 rings (SSSR count). The average molecular weight is 312 g/mol. The second-order valence-corrected chi connectivity index (χ2v) is 6.15. The number of carbonyl (C=O) groups is 1. The van der Waals surface area contributed by atoms with Crippen molar-refractivity contribution in [2.75, 3.05) is 54.0 Å². The minimum atomic E-state index is 0.00757. The van der Waals surface area contributed by atoms with Gasteiger partial charge in [0.15, 0.2) is 5.96 Å². The van der Waals surface area contributed by atoms with Crippen LogP contribution in [0.2, 0.25) is 0 Å². The highest BCUT2D eigenvalue weighted by molar-refractivity contribution is 5.84. The zero-order chi connectivity index (χ0) is 16.4. The predicted octanol–water partition coefficient (Wildman–Crippen LogP) is 1.18. The largest absolute Gasteiger partial charge is 0.379 e.